The van der Waals surface area contributed by atoms with E-state index in [-0.39, 0.29) is 5.12 Å². The molecule has 0 atom stereocenters. The van der Waals surface area contributed by atoms with Crippen molar-refractivity contribution in [2.45, 2.75) is 12.7 Å². The number of nitrogens with zero attached hydrogens (tertiary/aromatic N) is 2. The molecule has 15 heavy (non-hydrogen) atoms. The molecule has 0 saturated carbocycles. The first-order valence-corrected chi connectivity index (χ1v) is 5.58. The van der Waals surface area contributed by atoms with Gasteiger partial charge in [-0.25, -0.2) is 4.98 Å². The normalized spacial score (nSPS) is 10.5. The van der Waals surface area contributed by atoms with Crippen LogP contribution in [-0.4, -0.2) is 15.1 Å². The molecule has 0 aliphatic carbocycles. The van der Waals surface area contributed by atoms with Crippen LogP contribution >= 0.6 is 11.8 Å². The van der Waals surface area contributed by atoms with Gasteiger partial charge in [-0.05, 0) is 12.1 Å². The predicted octanol–water partition coefficient (Wildman–Crippen LogP) is 2.41. The van der Waals surface area contributed by atoms with Crippen molar-refractivity contribution >= 4 is 27.9 Å². The first-order chi connectivity index (χ1) is 7.25. The third-order valence-corrected chi connectivity index (χ3v) is 2.77. The Balaban J connectivity index is 2.26. The molecule has 2 aromatic rings. The van der Waals surface area contributed by atoms with Crippen molar-refractivity contribution in [3.05, 3.63) is 36.2 Å². The highest BCUT2D eigenvalue weighted by molar-refractivity contribution is 8.12. The zero-order valence-corrected chi connectivity index (χ0v) is 9.12. The van der Waals surface area contributed by atoms with E-state index in [1.165, 1.54) is 11.8 Å². The van der Waals surface area contributed by atoms with E-state index < -0.39 is 0 Å². The van der Waals surface area contributed by atoms with Crippen LogP contribution in [0, 0.1) is 0 Å². The number of para-hydroxylation sites is 2. The fourth-order valence-electron chi connectivity index (χ4n) is 1.24. The van der Waals surface area contributed by atoms with Gasteiger partial charge in [-0.2, -0.15) is 0 Å². The molecule has 4 heteroatoms. The number of carbonyl (C=O) groups excluding carboxylic acids is 1. The van der Waals surface area contributed by atoms with Gasteiger partial charge < -0.3 is 0 Å². The van der Waals surface area contributed by atoms with Gasteiger partial charge in [-0.1, -0.05) is 23.9 Å². The molecule has 0 aliphatic heterocycles. The molecule has 2 rings (SSSR count). The van der Waals surface area contributed by atoms with Crippen LogP contribution in [0.15, 0.2) is 30.5 Å². The van der Waals surface area contributed by atoms with E-state index in [9.17, 15) is 4.79 Å². The van der Waals surface area contributed by atoms with E-state index >= 15 is 0 Å². The summed E-state index contributed by atoms with van der Waals surface area (Å²) >= 11 is 1.25. The Hall–Kier alpha value is -1.42. The summed E-state index contributed by atoms with van der Waals surface area (Å²) in [6, 6.07) is 7.70. The predicted molar refractivity (Wildman–Crippen MR) is 61.5 cm³/mol. The Labute approximate surface area is 91.9 Å². The Kier molecular flexibility index (Phi) is 2.97. The van der Waals surface area contributed by atoms with E-state index in [0.29, 0.717) is 5.75 Å². The Morgan fingerprint density at radius 1 is 1.33 bits per heavy atom. The van der Waals surface area contributed by atoms with Crippen LogP contribution in [0.3, 0.4) is 0 Å². The molecule has 1 heterocycles. The molecule has 0 N–H and O–H groups in total. The standard InChI is InChI=1S/C11H10N2OS/c1-8(14)15-7-9-6-12-10-4-2-3-5-11(10)13-9/h2-6H,7H2,1H3. The average Bonchev–Trinajstić information content (AvgIpc) is 2.26. The minimum atomic E-state index is 0.102. The van der Waals surface area contributed by atoms with Gasteiger partial charge in [0, 0.05) is 18.9 Å². The van der Waals surface area contributed by atoms with Gasteiger partial charge in [0.05, 0.1) is 16.7 Å². The molecule has 0 radical (unpaired) electrons. The molecule has 1 aromatic carbocycles. The zero-order chi connectivity index (χ0) is 10.7. The summed E-state index contributed by atoms with van der Waals surface area (Å²) in [5, 5.41) is 0.102. The molecular weight excluding hydrogens is 208 g/mol. The molecular formula is C11H10N2OS. The smallest absolute Gasteiger partial charge is 0.186 e. The molecule has 76 valence electrons. The molecule has 0 saturated heterocycles. The van der Waals surface area contributed by atoms with Gasteiger partial charge in [0.2, 0.25) is 0 Å². The molecule has 0 fully saturated rings. The first kappa shape index (κ1) is 10.1. The summed E-state index contributed by atoms with van der Waals surface area (Å²) in [7, 11) is 0. The van der Waals surface area contributed by atoms with Crippen LogP contribution in [0.4, 0.5) is 0 Å². The lowest BCUT2D eigenvalue weighted by Crippen LogP contribution is -1.92. The van der Waals surface area contributed by atoms with Crippen LogP contribution in [0.5, 0.6) is 0 Å². The van der Waals surface area contributed by atoms with Crippen molar-refractivity contribution in [2.75, 3.05) is 0 Å². The summed E-state index contributed by atoms with van der Waals surface area (Å²) in [5.41, 5.74) is 2.60. The van der Waals surface area contributed by atoms with Crippen LogP contribution in [0.1, 0.15) is 12.6 Å². The van der Waals surface area contributed by atoms with Gasteiger partial charge >= 0.3 is 0 Å². The highest BCUT2D eigenvalue weighted by atomic mass is 32.2. The van der Waals surface area contributed by atoms with Gasteiger partial charge in [0.25, 0.3) is 0 Å². The van der Waals surface area contributed by atoms with E-state index in [1.54, 1.807) is 13.1 Å². The first-order valence-electron chi connectivity index (χ1n) is 4.60. The van der Waals surface area contributed by atoms with E-state index in [1.807, 2.05) is 24.3 Å². The van der Waals surface area contributed by atoms with E-state index in [0.717, 1.165) is 16.7 Å². The monoisotopic (exact) mass is 218 g/mol. The molecule has 0 aliphatic rings. The summed E-state index contributed by atoms with van der Waals surface area (Å²) in [6.07, 6.45) is 1.72. The lowest BCUT2D eigenvalue weighted by atomic mass is 10.3. The second-order valence-corrected chi connectivity index (χ2v) is 4.28. The van der Waals surface area contributed by atoms with Crippen LogP contribution in [-0.2, 0) is 10.5 Å². The van der Waals surface area contributed by atoms with Gasteiger partial charge in [0.1, 0.15) is 0 Å². The van der Waals surface area contributed by atoms with Gasteiger partial charge in [0.15, 0.2) is 5.12 Å². The molecule has 0 amide bonds. The quantitative estimate of drug-likeness (QED) is 0.776. The van der Waals surface area contributed by atoms with Gasteiger partial charge in [-0.3, -0.25) is 9.78 Å². The van der Waals surface area contributed by atoms with Crippen molar-refractivity contribution in [1.82, 2.24) is 9.97 Å². The number of thioether (sulfide) groups is 1. The van der Waals surface area contributed by atoms with Crippen molar-refractivity contribution in [3.63, 3.8) is 0 Å². The molecule has 1 aromatic heterocycles. The van der Waals surface area contributed by atoms with E-state index in [2.05, 4.69) is 9.97 Å². The fraction of sp³-hybridized carbons (Fsp3) is 0.182. The number of aromatic nitrogens is 2. The largest absolute Gasteiger partial charge is 0.288 e. The van der Waals surface area contributed by atoms with Gasteiger partial charge in [-0.15, -0.1) is 0 Å². The van der Waals surface area contributed by atoms with Crippen LogP contribution < -0.4 is 0 Å². The number of rotatable bonds is 2. The third-order valence-electron chi connectivity index (χ3n) is 1.92. The summed E-state index contributed by atoms with van der Waals surface area (Å²) in [6.45, 7) is 1.55. The lowest BCUT2D eigenvalue weighted by Gasteiger charge is -2.00. The number of fused-ring (bicyclic) bond motifs is 1. The average molecular weight is 218 g/mol. The SMILES string of the molecule is CC(=O)SCc1cnc2ccccc2n1. The maximum Gasteiger partial charge on any atom is 0.186 e. The Morgan fingerprint density at radius 3 is 2.80 bits per heavy atom. The fourth-order valence-corrected chi connectivity index (χ4v) is 1.73. The van der Waals surface area contributed by atoms with Crippen molar-refractivity contribution in [2.24, 2.45) is 0 Å². The highest BCUT2D eigenvalue weighted by Crippen LogP contribution is 2.13. The molecule has 0 spiro atoms. The number of carbonyl (C=O) groups is 1. The Morgan fingerprint density at radius 2 is 2.07 bits per heavy atom. The second kappa shape index (κ2) is 4.40. The second-order valence-electron chi connectivity index (χ2n) is 3.13. The molecule has 0 bridgehead atoms. The number of benzene rings is 1. The van der Waals surface area contributed by atoms with E-state index in [4.69, 9.17) is 0 Å². The van der Waals surface area contributed by atoms with Crippen LogP contribution in [0.2, 0.25) is 0 Å². The van der Waals surface area contributed by atoms with Crippen molar-refractivity contribution in [1.29, 1.82) is 0 Å². The molecule has 0 unspecified atom stereocenters. The highest BCUT2D eigenvalue weighted by Gasteiger charge is 2.01. The number of hydrogen-bond acceptors (Lipinski definition) is 4. The molecule has 3 nitrogen and oxygen atoms in total. The van der Waals surface area contributed by atoms with Crippen LogP contribution in [0.25, 0.3) is 11.0 Å². The Bertz CT molecular complexity index is 499. The third kappa shape index (κ3) is 2.53. The topological polar surface area (TPSA) is 42.9 Å². The maximum absolute atomic E-state index is 10.8. The lowest BCUT2D eigenvalue weighted by molar-refractivity contribution is -0.109. The minimum absolute atomic E-state index is 0.102. The summed E-state index contributed by atoms with van der Waals surface area (Å²) in [5.74, 6) is 0.590. The van der Waals surface area contributed by atoms with Crippen molar-refractivity contribution < 1.29 is 4.79 Å². The minimum Gasteiger partial charge on any atom is -0.288 e. The zero-order valence-electron chi connectivity index (χ0n) is 8.30. The maximum atomic E-state index is 10.8. The van der Waals surface area contributed by atoms with Crippen molar-refractivity contribution in [3.8, 4) is 0 Å². The summed E-state index contributed by atoms with van der Waals surface area (Å²) < 4.78 is 0. The summed E-state index contributed by atoms with van der Waals surface area (Å²) in [4.78, 5) is 19.5. The number of hydrogen-bond donors (Lipinski definition) is 0.